The Balaban J connectivity index is 1.65. The van der Waals surface area contributed by atoms with Crippen molar-refractivity contribution in [1.29, 1.82) is 0 Å². The van der Waals surface area contributed by atoms with Gasteiger partial charge in [0.2, 0.25) is 0 Å². The van der Waals surface area contributed by atoms with Gasteiger partial charge in [-0.25, -0.2) is 0 Å². The molecule has 1 aliphatic heterocycles. The fourth-order valence-corrected chi connectivity index (χ4v) is 2.55. The van der Waals surface area contributed by atoms with Gasteiger partial charge in [-0.2, -0.15) is 0 Å². The molecule has 0 aromatic heterocycles. The Morgan fingerprint density at radius 2 is 2.00 bits per heavy atom. The highest BCUT2D eigenvalue weighted by atomic mass is 16.5. The lowest BCUT2D eigenvalue weighted by Gasteiger charge is -2.22. The molecular formula is C12H21NO2. The first-order valence-corrected chi connectivity index (χ1v) is 6.23. The van der Waals surface area contributed by atoms with Crippen molar-refractivity contribution in [2.24, 2.45) is 11.8 Å². The Morgan fingerprint density at radius 3 is 2.67 bits per heavy atom. The Hall–Kier alpha value is -0.570. The van der Waals surface area contributed by atoms with Gasteiger partial charge in [-0.3, -0.25) is 4.79 Å². The van der Waals surface area contributed by atoms with Crippen LogP contribution in [0.25, 0.3) is 0 Å². The summed E-state index contributed by atoms with van der Waals surface area (Å²) in [6.07, 6.45) is 6.90. The van der Waals surface area contributed by atoms with Gasteiger partial charge in [0.15, 0.2) is 0 Å². The number of ether oxygens (including phenoxy) is 1. The molecule has 1 heterocycles. The number of hydrogen-bond acceptors (Lipinski definition) is 3. The predicted molar refractivity (Wildman–Crippen MR) is 58.5 cm³/mol. The lowest BCUT2D eigenvalue weighted by atomic mass is 10.0. The average Bonchev–Trinajstić information content (AvgIpc) is 2.81. The van der Waals surface area contributed by atoms with Crippen molar-refractivity contribution in [3.8, 4) is 0 Å². The molecule has 0 radical (unpaired) electrons. The van der Waals surface area contributed by atoms with E-state index < -0.39 is 0 Å². The van der Waals surface area contributed by atoms with E-state index in [1.54, 1.807) is 0 Å². The topological polar surface area (TPSA) is 38.3 Å². The lowest BCUT2D eigenvalue weighted by Crippen LogP contribution is -2.33. The standard InChI is InChI=1S/C12H21NO2/c14-12(11-5-1-2-6-11)15-9-10-4-3-7-13-8-10/h10-11,13H,1-9H2. The molecule has 1 unspecified atom stereocenters. The van der Waals surface area contributed by atoms with E-state index in [4.69, 9.17) is 4.74 Å². The smallest absolute Gasteiger partial charge is 0.308 e. The molecule has 1 saturated carbocycles. The molecule has 0 amide bonds. The number of piperidine rings is 1. The fourth-order valence-electron chi connectivity index (χ4n) is 2.55. The highest BCUT2D eigenvalue weighted by molar-refractivity contribution is 5.72. The van der Waals surface area contributed by atoms with Gasteiger partial charge in [-0.15, -0.1) is 0 Å². The molecule has 3 nitrogen and oxygen atoms in total. The third-order valence-electron chi connectivity index (χ3n) is 3.55. The molecule has 2 fully saturated rings. The summed E-state index contributed by atoms with van der Waals surface area (Å²) < 4.78 is 5.39. The van der Waals surface area contributed by atoms with Gasteiger partial charge in [-0.1, -0.05) is 12.8 Å². The van der Waals surface area contributed by atoms with E-state index in [1.807, 2.05) is 0 Å². The van der Waals surface area contributed by atoms with Gasteiger partial charge in [0, 0.05) is 12.5 Å². The van der Waals surface area contributed by atoms with Crippen LogP contribution in [0.1, 0.15) is 38.5 Å². The monoisotopic (exact) mass is 211 g/mol. The van der Waals surface area contributed by atoms with Gasteiger partial charge >= 0.3 is 5.97 Å². The van der Waals surface area contributed by atoms with E-state index in [0.29, 0.717) is 12.5 Å². The van der Waals surface area contributed by atoms with Gasteiger partial charge in [0.05, 0.1) is 12.5 Å². The minimum atomic E-state index is 0.0538. The summed E-state index contributed by atoms with van der Waals surface area (Å²) >= 11 is 0. The normalized spacial score (nSPS) is 27.9. The molecule has 1 saturated heterocycles. The molecule has 0 aromatic carbocycles. The van der Waals surface area contributed by atoms with E-state index in [1.165, 1.54) is 25.7 Å². The van der Waals surface area contributed by atoms with Gasteiger partial charge < -0.3 is 10.1 Å². The molecule has 2 aliphatic rings. The summed E-state index contributed by atoms with van der Waals surface area (Å²) in [6, 6.07) is 0. The first-order valence-electron chi connectivity index (χ1n) is 6.23. The van der Waals surface area contributed by atoms with Crippen LogP contribution in [-0.4, -0.2) is 25.7 Å². The Kier molecular flexibility index (Phi) is 4.01. The third-order valence-corrected chi connectivity index (χ3v) is 3.55. The van der Waals surface area contributed by atoms with Gasteiger partial charge in [0.1, 0.15) is 0 Å². The van der Waals surface area contributed by atoms with Crippen molar-refractivity contribution in [3.05, 3.63) is 0 Å². The Labute approximate surface area is 91.6 Å². The molecule has 1 aliphatic carbocycles. The van der Waals surface area contributed by atoms with Crippen LogP contribution in [0.2, 0.25) is 0 Å². The average molecular weight is 211 g/mol. The number of carbonyl (C=O) groups is 1. The van der Waals surface area contributed by atoms with Crippen molar-refractivity contribution in [3.63, 3.8) is 0 Å². The van der Waals surface area contributed by atoms with Crippen LogP contribution < -0.4 is 5.32 Å². The first kappa shape index (κ1) is 10.9. The quantitative estimate of drug-likeness (QED) is 0.722. The Morgan fingerprint density at radius 1 is 1.20 bits per heavy atom. The maximum absolute atomic E-state index is 11.6. The third kappa shape index (κ3) is 3.20. The summed E-state index contributed by atoms with van der Waals surface area (Å²) in [6.45, 7) is 2.76. The molecule has 0 bridgehead atoms. The number of esters is 1. The summed E-state index contributed by atoms with van der Waals surface area (Å²) in [4.78, 5) is 11.6. The van der Waals surface area contributed by atoms with E-state index in [2.05, 4.69) is 5.32 Å². The van der Waals surface area contributed by atoms with Gasteiger partial charge in [-0.05, 0) is 32.2 Å². The molecule has 1 atom stereocenters. The van der Waals surface area contributed by atoms with Crippen LogP contribution in [0.4, 0.5) is 0 Å². The zero-order valence-electron chi connectivity index (χ0n) is 9.34. The van der Waals surface area contributed by atoms with Crippen LogP contribution in [0.3, 0.4) is 0 Å². The van der Waals surface area contributed by atoms with E-state index in [-0.39, 0.29) is 11.9 Å². The van der Waals surface area contributed by atoms with Crippen LogP contribution in [0, 0.1) is 11.8 Å². The predicted octanol–water partition coefficient (Wildman–Crippen LogP) is 1.72. The second kappa shape index (κ2) is 5.50. The summed E-state index contributed by atoms with van der Waals surface area (Å²) in [5.74, 6) is 0.809. The molecule has 3 heteroatoms. The molecule has 86 valence electrons. The van der Waals surface area contributed by atoms with Crippen molar-refractivity contribution in [1.82, 2.24) is 5.32 Å². The number of nitrogens with one attached hydrogen (secondary N) is 1. The van der Waals surface area contributed by atoms with Crippen LogP contribution in [-0.2, 0) is 9.53 Å². The molecule has 0 aromatic rings. The largest absolute Gasteiger partial charge is 0.465 e. The van der Waals surface area contributed by atoms with Gasteiger partial charge in [0.25, 0.3) is 0 Å². The maximum atomic E-state index is 11.6. The van der Waals surface area contributed by atoms with Crippen LogP contribution in [0.15, 0.2) is 0 Å². The molecule has 1 N–H and O–H groups in total. The molecular weight excluding hydrogens is 190 g/mol. The van der Waals surface area contributed by atoms with Crippen molar-refractivity contribution in [2.75, 3.05) is 19.7 Å². The SMILES string of the molecule is O=C(OCC1CCCNC1)C1CCCC1. The molecule has 2 rings (SSSR count). The van der Waals surface area contributed by atoms with Crippen LogP contribution >= 0.6 is 0 Å². The number of carbonyl (C=O) groups excluding carboxylic acids is 1. The van der Waals surface area contributed by atoms with E-state index in [0.717, 1.165) is 25.9 Å². The van der Waals surface area contributed by atoms with Crippen LogP contribution in [0.5, 0.6) is 0 Å². The zero-order chi connectivity index (χ0) is 10.5. The van der Waals surface area contributed by atoms with Crippen molar-refractivity contribution < 1.29 is 9.53 Å². The Bertz CT molecular complexity index is 206. The number of hydrogen-bond donors (Lipinski definition) is 1. The highest BCUT2D eigenvalue weighted by Gasteiger charge is 2.25. The zero-order valence-corrected chi connectivity index (χ0v) is 9.34. The van der Waals surface area contributed by atoms with E-state index in [9.17, 15) is 4.79 Å². The van der Waals surface area contributed by atoms with Crippen molar-refractivity contribution in [2.45, 2.75) is 38.5 Å². The minimum Gasteiger partial charge on any atom is -0.465 e. The van der Waals surface area contributed by atoms with E-state index >= 15 is 0 Å². The highest BCUT2D eigenvalue weighted by Crippen LogP contribution is 2.26. The molecule has 15 heavy (non-hydrogen) atoms. The minimum absolute atomic E-state index is 0.0538. The second-order valence-electron chi connectivity index (χ2n) is 4.82. The number of rotatable bonds is 3. The first-order chi connectivity index (χ1) is 7.36. The fraction of sp³-hybridized carbons (Fsp3) is 0.917. The maximum Gasteiger partial charge on any atom is 0.308 e. The summed E-state index contributed by atoms with van der Waals surface area (Å²) in [5, 5.41) is 3.34. The second-order valence-corrected chi connectivity index (χ2v) is 4.82. The van der Waals surface area contributed by atoms with Crippen molar-refractivity contribution >= 4 is 5.97 Å². The summed E-state index contributed by atoms with van der Waals surface area (Å²) in [5.41, 5.74) is 0. The molecule has 0 spiro atoms. The lowest BCUT2D eigenvalue weighted by molar-refractivity contribution is -0.149. The summed E-state index contributed by atoms with van der Waals surface area (Å²) in [7, 11) is 0.